The van der Waals surface area contributed by atoms with Gasteiger partial charge in [-0.25, -0.2) is 4.98 Å². The van der Waals surface area contributed by atoms with Gasteiger partial charge in [-0.05, 0) is 18.2 Å². The highest BCUT2D eigenvalue weighted by Gasteiger charge is 2.50. The molecule has 164 valence electrons. The normalized spacial score (nSPS) is 19.2. The number of pyridine rings is 3. The molecular formula is C23H19F3N4O2. The van der Waals surface area contributed by atoms with Gasteiger partial charge in [0.2, 0.25) is 0 Å². The Kier molecular flexibility index (Phi) is 4.85. The number of hydrogen-bond donors (Lipinski definition) is 1. The van der Waals surface area contributed by atoms with Crippen LogP contribution in [0.15, 0.2) is 59.7 Å². The molecule has 1 fully saturated rings. The molecule has 1 N–H and O–H groups in total. The minimum Gasteiger partial charge on any atom is -0.379 e. The summed E-state index contributed by atoms with van der Waals surface area (Å²) < 4.78 is 46.0. The zero-order valence-electron chi connectivity index (χ0n) is 17.1. The maximum atomic E-state index is 13.6. The average Bonchev–Trinajstić information content (AvgIpc) is 3.23. The lowest BCUT2D eigenvalue weighted by atomic mass is 10.1. The molecule has 0 amide bonds. The Labute approximate surface area is 180 Å². The number of benzene rings is 1. The summed E-state index contributed by atoms with van der Waals surface area (Å²) in [4.78, 5) is 26.2. The van der Waals surface area contributed by atoms with Crippen molar-refractivity contribution in [1.82, 2.24) is 15.0 Å². The smallest absolute Gasteiger partial charge is 0.379 e. The Morgan fingerprint density at radius 3 is 2.72 bits per heavy atom. The first-order valence-corrected chi connectivity index (χ1v) is 10.1. The molecule has 1 aromatic carbocycles. The van der Waals surface area contributed by atoms with Crippen LogP contribution in [0.5, 0.6) is 0 Å². The molecule has 5 rings (SSSR count). The van der Waals surface area contributed by atoms with Gasteiger partial charge in [0.15, 0.2) is 5.43 Å². The molecule has 1 saturated heterocycles. The molecule has 1 aliphatic heterocycles. The van der Waals surface area contributed by atoms with Crippen molar-refractivity contribution in [3.8, 4) is 11.3 Å². The predicted molar refractivity (Wildman–Crippen MR) is 116 cm³/mol. The number of alkyl halides is 3. The van der Waals surface area contributed by atoms with E-state index >= 15 is 0 Å². The van der Waals surface area contributed by atoms with Crippen LogP contribution in [0.3, 0.4) is 0 Å². The van der Waals surface area contributed by atoms with E-state index in [1.54, 1.807) is 17.2 Å². The number of fused-ring (bicyclic) bond motifs is 2. The van der Waals surface area contributed by atoms with Gasteiger partial charge in [0.05, 0.1) is 28.2 Å². The second kappa shape index (κ2) is 7.59. The summed E-state index contributed by atoms with van der Waals surface area (Å²) in [7, 11) is 1.29. The average molecular weight is 440 g/mol. The summed E-state index contributed by atoms with van der Waals surface area (Å²) in [6.45, 7) is -0.233. The first-order valence-electron chi connectivity index (χ1n) is 10.1. The van der Waals surface area contributed by atoms with Crippen LogP contribution in [0.4, 0.5) is 19.0 Å². The summed E-state index contributed by atoms with van der Waals surface area (Å²) >= 11 is 0. The number of nitrogens with zero attached hydrogens (tertiary/aromatic N) is 3. The molecule has 0 saturated carbocycles. The van der Waals surface area contributed by atoms with Gasteiger partial charge in [0.25, 0.3) is 0 Å². The summed E-state index contributed by atoms with van der Waals surface area (Å²) in [6, 6.07) is 12.3. The fourth-order valence-corrected chi connectivity index (χ4v) is 4.28. The SMILES string of the molecule is COC1CN(c2nc3ccccc3cc2-c2cc(=O)c3cnccc3[nH]2)CC1C(F)(F)F. The van der Waals surface area contributed by atoms with E-state index in [9.17, 15) is 18.0 Å². The third kappa shape index (κ3) is 3.48. The van der Waals surface area contributed by atoms with E-state index in [1.165, 1.54) is 19.4 Å². The number of methoxy groups -OCH3 is 1. The Balaban J connectivity index is 1.70. The van der Waals surface area contributed by atoms with Gasteiger partial charge in [-0.1, -0.05) is 18.2 Å². The molecule has 1 aliphatic rings. The Hall–Kier alpha value is -3.46. The number of rotatable bonds is 3. The highest BCUT2D eigenvalue weighted by Crippen LogP contribution is 2.40. The van der Waals surface area contributed by atoms with Crippen LogP contribution in [0.25, 0.3) is 33.1 Å². The second-order valence-corrected chi connectivity index (χ2v) is 7.85. The van der Waals surface area contributed by atoms with E-state index in [0.29, 0.717) is 33.5 Å². The largest absolute Gasteiger partial charge is 0.396 e. The number of aromatic nitrogens is 3. The lowest BCUT2D eigenvalue weighted by molar-refractivity contribution is -0.191. The zero-order valence-corrected chi connectivity index (χ0v) is 17.1. The maximum Gasteiger partial charge on any atom is 0.396 e. The summed E-state index contributed by atoms with van der Waals surface area (Å²) in [6.07, 6.45) is -2.34. The third-order valence-electron chi connectivity index (χ3n) is 5.91. The van der Waals surface area contributed by atoms with Gasteiger partial charge in [-0.2, -0.15) is 13.2 Å². The molecule has 0 spiro atoms. The molecule has 4 heterocycles. The maximum absolute atomic E-state index is 13.6. The number of hydrogen-bond acceptors (Lipinski definition) is 5. The first-order chi connectivity index (χ1) is 15.3. The number of aromatic amines is 1. The van der Waals surface area contributed by atoms with E-state index in [0.717, 1.165) is 5.39 Å². The summed E-state index contributed by atoms with van der Waals surface area (Å²) in [5, 5.41) is 1.25. The molecular weight excluding hydrogens is 421 g/mol. The number of H-pyrrole nitrogens is 1. The summed E-state index contributed by atoms with van der Waals surface area (Å²) in [5.74, 6) is -1.25. The minimum absolute atomic E-state index is 0.0424. The van der Waals surface area contributed by atoms with Crippen molar-refractivity contribution in [2.24, 2.45) is 5.92 Å². The van der Waals surface area contributed by atoms with Crippen LogP contribution < -0.4 is 10.3 Å². The number of para-hydroxylation sites is 1. The fourth-order valence-electron chi connectivity index (χ4n) is 4.28. The predicted octanol–water partition coefficient (Wildman–Crippen LogP) is 4.15. The van der Waals surface area contributed by atoms with Crippen molar-refractivity contribution in [3.05, 3.63) is 65.1 Å². The highest BCUT2D eigenvalue weighted by molar-refractivity contribution is 5.90. The van der Waals surface area contributed by atoms with Gasteiger partial charge in [-0.15, -0.1) is 0 Å². The van der Waals surface area contributed by atoms with E-state index in [2.05, 4.69) is 9.97 Å². The van der Waals surface area contributed by atoms with E-state index in [1.807, 2.05) is 30.3 Å². The highest BCUT2D eigenvalue weighted by atomic mass is 19.4. The van der Waals surface area contributed by atoms with Crippen molar-refractivity contribution < 1.29 is 17.9 Å². The number of halogens is 3. The summed E-state index contributed by atoms with van der Waals surface area (Å²) in [5.41, 5.74) is 2.04. The van der Waals surface area contributed by atoms with Crippen molar-refractivity contribution in [3.63, 3.8) is 0 Å². The molecule has 2 unspecified atom stereocenters. The molecule has 32 heavy (non-hydrogen) atoms. The molecule has 6 nitrogen and oxygen atoms in total. The van der Waals surface area contributed by atoms with Gasteiger partial charge in [0, 0.05) is 49.6 Å². The molecule has 0 radical (unpaired) electrons. The minimum atomic E-state index is -4.39. The van der Waals surface area contributed by atoms with E-state index < -0.39 is 18.2 Å². The Bertz CT molecular complexity index is 1370. The molecule has 3 aromatic heterocycles. The van der Waals surface area contributed by atoms with Crippen molar-refractivity contribution in [2.75, 3.05) is 25.1 Å². The first kappa shape index (κ1) is 20.4. The monoisotopic (exact) mass is 440 g/mol. The Morgan fingerprint density at radius 1 is 1.16 bits per heavy atom. The lowest BCUT2D eigenvalue weighted by Crippen LogP contribution is -2.34. The number of nitrogens with one attached hydrogen (secondary N) is 1. The zero-order chi connectivity index (χ0) is 22.5. The van der Waals surface area contributed by atoms with Crippen molar-refractivity contribution >= 4 is 27.6 Å². The Morgan fingerprint density at radius 2 is 1.97 bits per heavy atom. The van der Waals surface area contributed by atoms with Crippen LogP contribution in [0.2, 0.25) is 0 Å². The van der Waals surface area contributed by atoms with E-state index in [-0.39, 0.29) is 18.5 Å². The van der Waals surface area contributed by atoms with Crippen LogP contribution in [-0.2, 0) is 4.74 Å². The van der Waals surface area contributed by atoms with Crippen molar-refractivity contribution in [2.45, 2.75) is 12.3 Å². The molecule has 4 aromatic rings. The lowest BCUT2D eigenvalue weighted by Gasteiger charge is -2.22. The third-order valence-corrected chi connectivity index (χ3v) is 5.91. The van der Waals surface area contributed by atoms with Crippen LogP contribution in [-0.4, -0.2) is 47.4 Å². The van der Waals surface area contributed by atoms with Crippen LogP contribution in [0.1, 0.15) is 0 Å². The van der Waals surface area contributed by atoms with Crippen LogP contribution in [0, 0.1) is 5.92 Å². The number of anilines is 1. The molecule has 0 aliphatic carbocycles. The van der Waals surface area contributed by atoms with Gasteiger partial charge in [0.1, 0.15) is 11.7 Å². The number of ether oxygens (including phenoxy) is 1. The quantitative estimate of drug-likeness (QED) is 0.518. The molecule has 9 heteroatoms. The molecule has 2 atom stereocenters. The van der Waals surface area contributed by atoms with Gasteiger partial charge in [-0.3, -0.25) is 9.78 Å². The van der Waals surface area contributed by atoms with Crippen molar-refractivity contribution in [1.29, 1.82) is 0 Å². The topological polar surface area (TPSA) is 71.1 Å². The second-order valence-electron chi connectivity index (χ2n) is 7.85. The van der Waals surface area contributed by atoms with Crippen LogP contribution >= 0.6 is 0 Å². The standard InChI is InChI=1S/C23H19F3N4O2/c1-32-21-12-30(11-16(21)23(24,25)26)22-14(8-13-4-2-3-5-17(13)29-22)19-9-20(31)15-10-27-7-6-18(15)28-19/h2-10,16,21H,11-12H2,1H3,(H,28,31). The molecule has 0 bridgehead atoms. The van der Waals surface area contributed by atoms with Gasteiger partial charge < -0.3 is 14.6 Å². The van der Waals surface area contributed by atoms with E-state index in [4.69, 9.17) is 9.72 Å². The van der Waals surface area contributed by atoms with Gasteiger partial charge >= 0.3 is 6.18 Å². The fraction of sp³-hybridized carbons (Fsp3) is 0.261.